The standard InChI is InChI=1S/C12H26N2O2/c1-5-10(4)14-11(15)8-16-9-12(13,6-2)7-3/h10H,5-9,13H2,1-4H3,(H,14,15). The fourth-order valence-electron chi connectivity index (χ4n) is 1.22. The van der Waals surface area contributed by atoms with Crippen molar-refractivity contribution in [2.24, 2.45) is 5.73 Å². The molecule has 0 saturated heterocycles. The number of hydrogen-bond acceptors (Lipinski definition) is 3. The van der Waals surface area contributed by atoms with E-state index in [0.29, 0.717) is 6.61 Å². The predicted octanol–water partition coefficient (Wildman–Crippen LogP) is 1.44. The maximum absolute atomic E-state index is 11.4. The first kappa shape index (κ1) is 15.4. The van der Waals surface area contributed by atoms with Gasteiger partial charge in [0.25, 0.3) is 0 Å². The van der Waals surface area contributed by atoms with Crippen LogP contribution < -0.4 is 11.1 Å². The van der Waals surface area contributed by atoms with E-state index in [1.165, 1.54) is 0 Å². The van der Waals surface area contributed by atoms with Gasteiger partial charge in [0.15, 0.2) is 0 Å². The van der Waals surface area contributed by atoms with Crippen LogP contribution in [0, 0.1) is 0 Å². The number of carbonyl (C=O) groups is 1. The van der Waals surface area contributed by atoms with Crippen molar-refractivity contribution in [2.45, 2.75) is 58.5 Å². The molecule has 16 heavy (non-hydrogen) atoms. The summed E-state index contributed by atoms with van der Waals surface area (Å²) in [5, 5.41) is 2.85. The average Bonchev–Trinajstić information content (AvgIpc) is 2.28. The minimum Gasteiger partial charge on any atom is -0.370 e. The van der Waals surface area contributed by atoms with Crippen LogP contribution in [0.2, 0.25) is 0 Å². The van der Waals surface area contributed by atoms with Gasteiger partial charge in [-0.05, 0) is 26.2 Å². The van der Waals surface area contributed by atoms with Crippen molar-refractivity contribution in [2.75, 3.05) is 13.2 Å². The van der Waals surface area contributed by atoms with Crippen molar-refractivity contribution in [3.8, 4) is 0 Å². The van der Waals surface area contributed by atoms with Gasteiger partial charge in [0.2, 0.25) is 5.91 Å². The first-order valence-corrected chi connectivity index (χ1v) is 6.13. The van der Waals surface area contributed by atoms with Crippen molar-refractivity contribution in [1.82, 2.24) is 5.32 Å². The molecule has 0 aliphatic heterocycles. The number of amides is 1. The van der Waals surface area contributed by atoms with Crippen LogP contribution in [0.3, 0.4) is 0 Å². The molecule has 0 saturated carbocycles. The molecule has 0 rings (SSSR count). The van der Waals surface area contributed by atoms with Crippen molar-refractivity contribution in [3.05, 3.63) is 0 Å². The Labute approximate surface area is 98.9 Å². The monoisotopic (exact) mass is 230 g/mol. The van der Waals surface area contributed by atoms with E-state index < -0.39 is 0 Å². The fraction of sp³-hybridized carbons (Fsp3) is 0.917. The minimum atomic E-state index is -0.295. The van der Waals surface area contributed by atoms with E-state index in [1.807, 2.05) is 27.7 Å². The zero-order chi connectivity index (χ0) is 12.6. The molecule has 0 aromatic rings. The summed E-state index contributed by atoms with van der Waals surface area (Å²) >= 11 is 0. The predicted molar refractivity (Wildman–Crippen MR) is 66.2 cm³/mol. The van der Waals surface area contributed by atoms with Gasteiger partial charge in [0.1, 0.15) is 6.61 Å². The number of nitrogens with one attached hydrogen (secondary N) is 1. The van der Waals surface area contributed by atoms with Crippen LogP contribution in [-0.4, -0.2) is 30.7 Å². The van der Waals surface area contributed by atoms with E-state index in [1.54, 1.807) is 0 Å². The molecular weight excluding hydrogens is 204 g/mol. The Morgan fingerprint density at radius 1 is 1.38 bits per heavy atom. The minimum absolute atomic E-state index is 0.0658. The SMILES string of the molecule is CCC(C)NC(=O)COCC(N)(CC)CC. The zero-order valence-electron chi connectivity index (χ0n) is 11.0. The molecule has 0 aliphatic carbocycles. The Bertz CT molecular complexity index is 203. The largest absolute Gasteiger partial charge is 0.370 e. The number of carbonyl (C=O) groups excluding carboxylic acids is 1. The summed E-state index contributed by atoms with van der Waals surface area (Å²) < 4.78 is 5.35. The molecule has 1 unspecified atom stereocenters. The molecule has 4 heteroatoms. The summed E-state index contributed by atoms with van der Waals surface area (Å²) in [5.41, 5.74) is 5.76. The fourth-order valence-corrected chi connectivity index (χ4v) is 1.22. The van der Waals surface area contributed by atoms with Crippen molar-refractivity contribution in [1.29, 1.82) is 0 Å². The molecule has 0 fully saturated rings. The lowest BCUT2D eigenvalue weighted by Crippen LogP contribution is -2.44. The van der Waals surface area contributed by atoms with Gasteiger partial charge in [0, 0.05) is 11.6 Å². The first-order chi connectivity index (χ1) is 7.47. The van der Waals surface area contributed by atoms with Gasteiger partial charge in [0.05, 0.1) is 6.61 Å². The normalized spacial score (nSPS) is 13.6. The highest BCUT2D eigenvalue weighted by Gasteiger charge is 2.20. The number of hydrogen-bond donors (Lipinski definition) is 2. The van der Waals surface area contributed by atoms with Crippen molar-refractivity contribution >= 4 is 5.91 Å². The van der Waals surface area contributed by atoms with Gasteiger partial charge >= 0.3 is 0 Å². The Morgan fingerprint density at radius 2 is 1.94 bits per heavy atom. The molecule has 0 heterocycles. The van der Waals surface area contributed by atoms with Gasteiger partial charge in [-0.3, -0.25) is 4.79 Å². The smallest absolute Gasteiger partial charge is 0.246 e. The maximum atomic E-state index is 11.4. The quantitative estimate of drug-likeness (QED) is 0.663. The third-order valence-corrected chi connectivity index (χ3v) is 3.05. The number of ether oxygens (including phenoxy) is 1. The van der Waals surface area contributed by atoms with E-state index in [4.69, 9.17) is 10.5 Å². The van der Waals surface area contributed by atoms with E-state index in [9.17, 15) is 4.79 Å². The zero-order valence-corrected chi connectivity index (χ0v) is 11.0. The summed E-state index contributed by atoms with van der Waals surface area (Å²) in [4.78, 5) is 11.4. The van der Waals surface area contributed by atoms with Gasteiger partial charge in [-0.1, -0.05) is 20.8 Å². The molecule has 0 spiro atoms. The van der Waals surface area contributed by atoms with Crippen LogP contribution in [0.4, 0.5) is 0 Å². The van der Waals surface area contributed by atoms with Crippen LogP contribution in [0.25, 0.3) is 0 Å². The summed E-state index contributed by atoms with van der Waals surface area (Å²) in [6.07, 6.45) is 2.64. The molecule has 0 aliphatic rings. The van der Waals surface area contributed by atoms with Gasteiger partial charge in [-0.25, -0.2) is 0 Å². The molecule has 0 radical (unpaired) electrons. The first-order valence-electron chi connectivity index (χ1n) is 6.13. The summed E-state index contributed by atoms with van der Waals surface area (Å²) in [6.45, 7) is 8.61. The van der Waals surface area contributed by atoms with Crippen LogP contribution in [0.15, 0.2) is 0 Å². The van der Waals surface area contributed by atoms with E-state index in [-0.39, 0.29) is 24.1 Å². The van der Waals surface area contributed by atoms with Gasteiger partial charge in [-0.2, -0.15) is 0 Å². The highest BCUT2D eigenvalue weighted by molar-refractivity contribution is 5.77. The Balaban J connectivity index is 3.77. The van der Waals surface area contributed by atoms with Crippen molar-refractivity contribution < 1.29 is 9.53 Å². The van der Waals surface area contributed by atoms with E-state index >= 15 is 0 Å². The summed E-state index contributed by atoms with van der Waals surface area (Å²) in [5.74, 6) is -0.0658. The lowest BCUT2D eigenvalue weighted by molar-refractivity contribution is -0.126. The van der Waals surface area contributed by atoms with Crippen LogP contribution >= 0.6 is 0 Å². The molecule has 3 N–H and O–H groups in total. The molecule has 0 bridgehead atoms. The van der Waals surface area contributed by atoms with Gasteiger partial charge < -0.3 is 15.8 Å². The second-order valence-corrected chi connectivity index (χ2v) is 4.44. The summed E-state index contributed by atoms with van der Waals surface area (Å²) in [6, 6.07) is 0.205. The van der Waals surface area contributed by atoms with Crippen LogP contribution in [0.1, 0.15) is 47.0 Å². The number of rotatable bonds is 8. The Morgan fingerprint density at radius 3 is 2.38 bits per heavy atom. The van der Waals surface area contributed by atoms with Gasteiger partial charge in [-0.15, -0.1) is 0 Å². The lowest BCUT2D eigenvalue weighted by Gasteiger charge is -2.26. The topological polar surface area (TPSA) is 64.3 Å². The third kappa shape index (κ3) is 6.08. The van der Waals surface area contributed by atoms with Crippen LogP contribution in [0.5, 0.6) is 0 Å². The number of nitrogens with two attached hydrogens (primary N) is 1. The molecule has 1 amide bonds. The Hall–Kier alpha value is -0.610. The second-order valence-electron chi connectivity index (χ2n) is 4.44. The lowest BCUT2D eigenvalue weighted by atomic mass is 9.96. The Kier molecular flexibility index (Phi) is 7.34. The maximum Gasteiger partial charge on any atom is 0.246 e. The molecular formula is C12H26N2O2. The molecule has 4 nitrogen and oxygen atoms in total. The molecule has 96 valence electrons. The highest BCUT2D eigenvalue weighted by Crippen LogP contribution is 2.11. The molecule has 0 aromatic carbocycles. The highest BCUT2D eigenvalue weighted by atomic mass is 16.5. The molecule has 1 atom stereocenters. The second kappa shape index (κ2) is 7.63. The van der Waals surface area contributed by atoms with Crippen molar-refractivity contribution in [3.63, 3.8) is 0 Å². The van der Waals surface area contributed by atoms with Crippen LogP contribution in [-0.2, 0) is 9.53 Å². The van der Waals surface area contributed by atoms with E-state index in [2.05, 4.69) is 5.32 Å². The summed E-state index contributed by atoms with van der Waals surface area (Å²) in [7, 11) is 0. The molecule has 0 aromatic heterocycles. The average molecular weight is 230 g/mol. The third-order valence-electron chi connectivity index (χ3n) is 3.05. The van der Waals surface area contributed by atoms with E-state index in [0.717, 1.165) is 19.3 Å².